The maximum Gasteiger partial charge on any atom is 0.310 e. The topological polar surface area (TPSA) is 73.5 Å². The molecule has 0 saturated heterocycles. The van der Waals surface area contributed by atoms with Crippen molar-refractivity contribution in [3.8, 4) is 17.2 Å². The van der Waals surface area contributed by atoms with Gasteiger partial charge in [-0.3, -0.25) is 4.79 Å². The van der Waals surface area contributed by atoms with Crippen LogP contribution in [0.4, 0.5) is 0 Å². The maximum atomic E-state index is 13.0. The predicted molar refractivity (Wildman–Crippen MR) is 109 cm³/mol. The highest BCUT2D eigenvalue weighted by Crippen LogP contribution is 2.41. The van der Waals surface area contributed by atoms with Crippen molar-refractivity contribution < 1.29 is 23.4 Å². The Balaban J connectivity index is 1.76. The third-order valence-electron chi connectivity index (χ3n) is 4.72. The molecule has 2 aromatic heterocycles. The van der Waals surface area contributed by atoms with Crippen molar-refractivity contribution in [2.24, 2.45) is 5.10 Å². The SMILES string of the molecule is COc1cc(C2=NN(C(=O)c3ccco3)[C@@H](c3cccs3)C2)cc(OC)c1OC. The van der Waals surface area contributed by atoms with Crippen LogP contribution in [-0.4, -0.2) is 38.0 Å². The number of hydrazone groups is 1. The van der Waals surface area contributed by atoms with Crippen molar-refractivity contribution in [3.05, 3.63) is 64.2 Å². The molecule has 1 atom stereocenters. The fourth-order valence-corrected chi connectivity index (χ4v) is 4.15. The second-order valence-electron chi connectivity index (χ2n) is 6.32. The molecule has 1 aromatic carbocycles. The van der Waals surface area contributed by atoms with Crippen molar-refractivity contribution in [1.82, 2.24) is 5.01 Å². The van der Waals surface area contributed by atoms with Gasteiger partial charge in [-0.05, 0) is 35.7 Å². The van der Waals surface area contributed by atoms with Crippen LogP contribution in [0, 0.1) is 0 Å². The number of methoxy groups -OCH3 is 3. The summed E-state index contributed by atoms with van der Waals surface area (Å²) in [4.78, 5) is 14.0. The van der Waals surface area contributed by atoms with Gasteiger partial charge < -0.3 is 18.6 Å². The number of furan rings is 1. The standard InChI is InChI=1S/C21H20N2O5S/c1-25-17-10-13(11-18(26-2)20(17)27-3)14-12-15(19-7-5-9-29-19)23(22-14)21(24)16-6-4-8-28-16/h4-11,15H,12H2,1-3H3/t15-/m1/s1. The zero-order valence-electron chi connectivity index (χ0n) is 16.2. The van der Waals surface area contributed by atoms with Gasteiger partial charge in [-0.25, -0.2) is 5.01 Å². The fourth-order valence-electron chi connectivity index (χ4n) is 3.34. The van der Waals surface area contributed by atoms with Crippen LogP contribution in [0.25, 0.3) is 0 Å². The Morgan fingerprint density at radius 1 is 1.14 bits per heavy atom. The van der Waals surface area contributed by atoms with E-state index in [1.807, 2.05) is 29.6 Å². The zero-order chi connectivity index (χ0) is 20.4. The lowest BCUT2D eigenvalue weighted by atomic mass is 10.0. The van der Waals surface area contributed by atoms with E-state index >= 15 is 0 Å². The van der Waals surface area contributed by atoms with Crippen molar-refractivity contribution in [3.63, 3.8) is 0 Å². The normalized spacial score (nSPS) is 15.9. The minimum atomic E-state index is -0.282. The van der Waals surface area contributed by atoms with Crippen LogP contribution in [0.3, 0.4) is 0 Å². The van der Waals surface area contributed by atoms with E-state index < -0.39 is 0 Å². The summed E-state index contributed by atoms with van der Waals surface area (Å²) < 4.78 is 21.6. The molecule has 1 amide bonds. The molecule has 4 rings (SSSR count). The first kappa shape index (κ1) is 19.1. The molecule has 150 valence electrons. The number of carbonyl (C=O) groups excluding carboxylic acids is 1. The van der Waals surface area contributed by atoms with Gasteiger partial charge in [-0.2, -0.15) is 5.10 Å². The Labute approximate surface area is 172 Å². The zero-order valence-corrected chi connectivity index (χ0v) is 17.1. The van der Waals surface area contributed by atoms with E-state index in [2.05, 4.69) is 5.10 Å². The number of hydrogen-bond acceptors (Lipinski definition) is 7. The second-order valence-corrected chi connectivity index (χ2v) is 7.30. The van der Waals surface area contributed by atoms with Gasteiger partial charge in [0.15, 0.2) is 17.3 Å². The first-order valence-electron chi connectivity index (χ1n) is 8.94. The molecule has 0 radical (unpaired) electrons. The number of ether oxygens (including phenoxy) is 3. The minimum absolute atomic E-state index is 0.207. The van der Waals surface area contributed by atoms with Gasteiger partial charge in [0.2, 0.25) is 5.75 Å². The van der Waals surface area contributed by atoms with Crippen LogP contribution in [0.15, 0.2) is 57.6 Å². The summed E-state index contributed by atoms with van der Waals surface area (Å²) >= 11 is 1.59. The quantitative estimate of drug-likeness (QED) is 0.602. The average molecular weight is 412 g/mol. The maximum absolute atomic E-state index is 13.0. The molecule has 0 saturated carbocycles. The number of hydrogen-bond donors (Lipinski definition) is 0. The lowest BCUT2D eigenvalue weighted by molar-refractivity contribution is 0.0681. The Morgan fingerprint density at radius 2 is 1.90 bits per heavy atom. The Morgan fingerprint density at radius 3 is 2.45 bits per heavy atom. The summed E-state index contributed by atoms with van der Waals surface area (Å²) in [6.45, 7) is 0. The summed E-state index contributed by atoms with van der Waals surface area (Å²) in [5, 5.41) is 8.13. The molecule has 3 heterocycles. The van der Waals surface area contributed by atoms with E-state index in [9.17, 15) is 4.79 Å². The second kappa shape index (κ2) is 8.00. The first-order chi connectivity index (χ1) is 14.2. The predicted octanol–water partition coefficient (Wildman–Crippen LogP) is 4.36. The van der Waals surface area contributed by atoms with E-state index in [0.29, 0.717) is 23.7 Å². The van der Waals surface area contributed by atoms with Crippen LogP contribution in [0.1, 0.15) is 33.5 Å². The van der Waals surface area contributed by atoms with E-state index in [1.165, 1.54) is 11.3 Å². The van der Waals surface area contributed by atoms with Gasteiger partial charge in [0, 0.05) is 16.9 Å². The summed E-state index contributed by atoms with van der Waals surface area (Å²) in [6, 6.07) is 10.8. The highest BCUT2D eigenvalue weighted by atomic mass is 32.1. The van der Waals surface area contributed by atoms with Crippen molar-refractivity contribution >= 4 is 23.0 Å². The van der Waals surface area contributed by atoms with Gasteiger partial charge in [0.05, 0.1) is 39.3 Å². The van der Waals surface area contributed by atoms with E-state index in [0.717, 1.165) is 16.2 Å². The molecule has 0 spiro atoms. The molecule has 0 fully saturated rings. The minimum Gasteiger partial charge on any atom is -0.493 e. The lowest BCUT2D eigenvalue weighted by Crippen LogP contribution is -2.26. The molecule has 7 nitrogen and oxygen atoms in total. The molecule has 0 N–H and O–H groups in total. The Bertz CT molecular complexity index is 1000. The molecule has 0 unspecified atom stereocenters. The lowest BCUT2D eigenvalue weighted by Gasteiger charge is -2.19. The van der Waals surface area contributed by atoms with E-state index in [1.54, 1.807) is 44.8 Å². The molecule has 3 aromatic rings. The molecular weight excluding hydrogens is 392 g/mol. The molecule has 29 heavy (non-hydrogen) atoms. The third-order valence-corrected chi connectivity index (χ3v) is 5.69. The highest BCUT2D eigenvalue weighted by molar-refractivity contribution is 7.10. The summed E-state index contributed by atoms with van der Waals surface area (Å²) in [5.41, 5.74) is 1.55. The molecule has 1 aliphatic heterocycles. The summed E-state index contributed by atoms with van der Waals surface area (Å²) in [6.07, 6.45) is 2.04. The number of benzene rings is 1. The summed E-state index contributed by atoms with van der Waals surface area (Å²) in [7, 11) is 4.70. The molecule has 0 aliphatic carbocycles. The van der Waals surface area contributed by atoms with E-state index in [4.69, 9.17) is 18.6 Å². The summed E-state index contributed by atoms with van der Waals surface area (Å²) in [5.74, 6) is 1.55. The average Bonchev–Trinajstić information content (AvgIpc) is 3.52. The van der Waals surface area contributed by atoms with Crippen molar-refractivity contribution in [2.45, 2.75) is 12.5 Å². The van der Waals surface area contributed by atoms with Gasteiger partial charge in [-0.1, -0.05) is 6.07 Å². The third kappa shape index (κ3) is 3.47. The highest BCUT2D eigenvalue weighted by Gasteiger charge is 2.35. The van der Waals surface area contributed by atoms with Crippen LogP contribution in [0.2, 0.25) is 0 Å². The number of nitrogens with zero attached hydrogens (tertiary/aromatic N) is 2. The number of thiophene rings is 1. The van der Waals surface area contributed by atoms with Gasteiger partial charge >= 0.3 is 5.91 Å². The van der Waals surface area contributed by atoms with Crippen LogP contribution in [-0.2, 0) is 0 Å². The van der Waals surface area contributed by atoms with Crippen LogP contribution in [0.5, 0.6) is 17.2 Å². The Hall–Kier alpha value is -3.26. The van der Waals surface area contributed by atoms with Crippen LogP contribution >= 0.6 is 11.3 Å². The Kier molecular flexibility index (Phi) is 5.26. The van der Waals surface area contributed by atoms with Gasteiger partial charge in [0.25, 0.3) is 0 Å². The first-order valence-corrected chi connectivity index (χ1v) is 9.82. The van der Waals surface area contributed by atoms with Crippen molar-refractivity contribution in [2.75, 3.05) is 21.3 Å². The largest absolute Gasteiger partial charge is 0.493 e. The monoisotopic (exact) mass is 412 g/mol. The van der Waals surface area contributed by atoms with E-state index in [-0.39, 0.29) is 17.7 Å². The smallest absolute Gasteiger partial charge is 0.310 e. The molecule has 1 aliphatic rings. The van der Waals surface area contributed by atoms with Gasteiger partial charge in [-0.15, -0.1) is 11.3 Å². The van der Waals surface area contributed by atoms with Crippen molar-refractivity contribution in [1.29, 1.82) is 0 Å². The number of carbonyl (C=O) groups is 1. The van der Waals surface area contributed by atoms with Gasteiger partial charge in [0.1, 0.15) is 0 Å². The number of rotatable bonds is 6. The number of amides is 1. The molecule has 0 bridgehead atoms. The molecular formula is C21H20N2O5S. The fraction of sp³-hybridized carbons (Fsp3) is 0.238. The van der Waals surface area contributed by atoms with Crippen LogP contribution < -0.4 is 14.2 Å². The molecule has 8 heteroatoms.